The summed E-state index contributed by atoms with van der Waals surface area (Å²) in [5.74, 6) is -3.12. The molecule has 20 heavy (non-hydrogen) atoms. The van der Waals surface area contributed by atoms with Gasteiger partial charge in [0.2, 0.25) is 0 Å². The fourth-order valence-corrected chi connectivity index (χ4v) is 1.96. The normalized spacial score (nSPS) is 12.1. The molecule has 1 aromatic rings. The number of halogens is 1. The van der Waals surface area contributed by atoms with Gasteiger partial charge in [-0.3, -0.25) is 9.59 Å². The number of esters is 2. The molecule has 0 heterocycles. The Labute approximate surface area is 122 Å². The molecule has 0 saturated carbocycles. The maximum Gasteiger partial charge on any atom is 0.323 e. The van der Waals surface area contributed by atoms with Gasteiger partial charge in [0.1, 0.15) is 6.10 Å². The first-order chi connectivity index (χ1) is 9.52. The highest BCUT2D eigenvalue weighted by Crippen LogP contribution is 2.29. The Bertz CT molecular complexity index is 456. The lowest BCUT2D eigenvalue weighted by atomic mass is 9.95. The Hall–Kier alpha value is -1.59. The summed E-state index contributed by atoms with van der Waals surface area (Å²) in [4.78, 5) is 23.7. The first-order valence-corrected chi connectivity index (χ1v) is 6.66. The number of ether oxygens (including phenoxy) is 2. The number of benzene rings is 1. The van der Waals surface area contributed by atoms with E-state index in [-0.39, 0.29) is 23.8 Å². The number of hydrogen-bond donors (Lipinski definition) is 1. The second-order valence-electron chi connectivity index (χ2n) is 3.95. The molecule has 1 unspecified atom stereocenters. The molecule has 0 amide bonds. The largest absolute Gasteiger partial charge is 0.465 e. The zero-order valence-corrected chi connectivity index (χ0v) is 12.1. The van der Waals surface area contributed by atoms with E-state index in [0.29, 0.717) is 0 Å². The second-order valence-corrected chi connectivity index (χ2v) is 4.36. The number of carbonyl (C=O) groups excluding carboxylic acids is 2. The Morgan fingerprint density at radius 3 is 2.10 bits per heavy atom. The highest BCUT2D eigenvalue weighted by atomic mass is 35.5. The quantitative estimate of drug-likeness (QED) is 0.643. The van der Waals surface area contributed by atoms with Crippen LogP contribution in [0.1, 0.15) is 25.5 Å². The average Bonchev–Trinajstić information content (AvgIpc) is 2.40. The van der Waals surface area contributed by atoms with Gasteiger partial charge >= 0.3 is 11.9 Å². The van der Waals surface area contributed by atoms with Crippen molar-refractivity contribution in [1.29, 1.82) is 0 Å². The fraction of sp³-hybridized carbons (Fsp3) is 0.429. The summed E-state index contributed by atoms with van der Waals surface area (Å²) < 4.78 is 9.62. The van der Waals surface area contributed by atoms with Crippen molar-refractivity contribution in [2.24, 2.45) is 5.92 Å². The molecule has 0 spiro atoms. The molecular formula is C14H17ClO5. The minimum absolute atomic E-state index is 0.101. The number of aliphatic hydroxyl groups is 1. The molecule has 5 nitrogen and oxygen atoms in total. The topological polar surface area (TPSA) is 72.8 Å². The third-order valence-corrected chi connectivity index (χ3v) is 2.96. The molecule has 110 valence electrons. The van der Waals surface area contributed by atoms with Crippen LogP contribution in [0.25, 0.3) is 0 Å². The van der Waals surface area contributed by atoms with Gasteiger partial charge < -0.3 is 14.6 Å². The molecule has 1 rings (SSSR count). The van der Waals surface area contributed by atoms with Gasteiger partial charge in [-0.15, -0.1) is 0 Å². The standard InChI is InChI=1S/C14H17ClO5/c1-3-19-13(17)11(14(18)20-4-2)12(16)9-7-5-6-8-10(9)15/h5-8,11-12,16H,3-4H2,1-2H3. The van der Waals surface area contributed by atoms with Crippen LogP contribution in [0.3, 0.4) is 0 Å². The van der Waals surface area contributed by atoms with E-state index in [4.69, 9.17) is 21.1 Å². The van der Waals surface area contributed by atoms with Crippen LogP contribution < -0.4 is 0 Å². The molecule has 0 fully saturated rings. The zero-order valence-electron chi connectivity index (χ0n) is 11.3. The van der Waals surface area contributed by atoms with E-state index >= 15 is 0 Å². The van der Waals surface area contributed by atoms with Crippen molar-refractivity contribution in [2.45, 2.75) is 20.0 Å². The van der Waals surface area contributed by atoms with E-state index in [9.17, 15) is 14.7 Å². The Balaban J connectivity index is 3.06. The Morgan fingerprint density at radius 2 is 1.65 bits per heavy atom. The second kappa shape index (κ2) is 7.87. The van der Waals surface area contributed by atoms with Crippen molar-refractivity contribution in [1.82, 2.24) is 0 Å². The molecule has 0 saturated heterocycles. The van der Waals surface area contributed by atoms with Crippen molar-refractivity contribution < 1.29 is 24.2 Å². The van der Waals surface area contributed by atoms with Crippen LogP contribution in [0.5, 0.6) is 0 Å². The third kappa shape index (κ3) is 3.95. The molecule has 0 aliphatic carbocycles. The van der Waals surface area contributed by atoms with Crippen molar-refractivity contribution in [3.63, 3.8) is 0 Å². The molecule has 0 aliphatic heterocycles. The number of carbonyl (C=O) groups is 2. The first kappa shape index (κ1) is 16.5. The lowest BCUT2D eigenvalue weighted by molar-refractivity contribution is -0.167. The van der Waals surface area contributed by atoms with E-state index in [0.717, 1.165) is 0 Å². The van der Waals surface area contributed by atoms with Crippen molar-refractivity contribution >= 4 is 23.5 Å². The maximum atomic E-state index is 11.9. The Kier molecular flexibility index (Phi) is 6.48. The van der Waals surface area contributed by atoms with Crippen LogP contribution in [0.2, 0.25) is 5.02 Å². The minimum atomic E-state index is -1.45. The molecule has 1 N–H and O–H groups in total. The molecule has 1 atom stereocenters. The number of rotatable bonds is 6. The maximum absolute atomic E-state index is 11.9. The lowest BCUT2D eigenvalue weighted by Gasteiger charge is -2.20. The van der Waals surface area contributed by atoms with Gasteiger partial charge in [-0.25, -0.2) is 0 Å². The van der Waals surface area contributed by atoms with Crippen molar-refractivity contribution in [3.05, 3.63) is 34.9 Å². The van der Waals surface area contributed by atoms with Crippen molar-refractivity contribution in [3.8, 4) is 0 Å². The monoisotopic (exact) mass is 300 g/mol. The van der Waals surface area contributed by atoms with Gasteiger partial charge in [-0.1, -0.05) is 29.8 Å². The molecular weight excluding hydrogens is 284 g/mol. The summed E-state index contributed by atoms with van der Waals surface area (Å²) in [6.07, 6.45) is -1.42. The summed E-state index contributed by atoms with van der Waals surface area (Å²) in [7, 11) is 0. The van der Waals surface area contributed by atoms with Crippen LogP contribution in [0.4, 0.5) is 0 Å². The summed E-state index contributed by atoms with van der Waals surface area (Å²) in [6, 6.07) is 6.44. The molecule has 6 heteroatoms. The van der Waals surface area contributed by atoms with Crippen LogP contribution in [-0.2, 0) is 19.1 Å². The first-order valence-electron chi connectivity index (χ1n) is 6.28. The van der Waals surface area contributed by atoms with Gasteiger partial charge in [-0.05, 0) is 19.9 Å². The molecule has 0 aromatic heterocycles. The van der Waals surface area contributed by atoms with Gasteiger partial charge in [0.05, 0.1) is 13.2 Å². The van der Waals surface area contributed by atoms with Crippen molar-refractivity contribution in [2.75, 3.05) is 13.2 Å². The fourth-order valence-electron chi connectivity index (χ4n) is 1.71. The predicted octanol–water partition coefficient (Wildman–Crippen LogP) is 2.12. The zero-order chi connectivity index (χ0) is 15.1. The van der Waals surface area contributed by atoms with Crippen LogP contribution in [-0.4, -0.2) is 30.3 Å². The molecule has 1 aromatic carbocycles. The van der Waals surface area contributed by atoms with E-state index in [1.54, 1.807) is 38.1 Å². The van der Waals surface area contributed by atoms with Crippen LogP contribution in [0, 0.1) is 5.92 Å². The third-order valence-electron chi connectivity index (χ3n) is 2.62. The molecule has 0 aliphatic rings. The molecule has 0 bridgehead atoms. The highest BCUT2D eigenvalue weighted by Gasteiger charge is 2.38. The van der Waals surface area contributed by atoms with E-state index in [1.165, 1.54) is 0 Å². The van der Waals surface area contributed by atoms with E-state index in [1.807, 2.05) is 0 Å². The average molecular weight is 301 g/mol. The minimum Gasteiger partial charge on any atom is -0.465 e. The van der Waals surface area contributed by atoms with Gasteiger partial charge in [0.25, 0.3) is 0 Å². The summed E-state index contributed by atoms with van der Waals surface area (Å²) in [5.41, 5.74) is 0.278. The smallest absolute Gasteiger partial charge is 0.323 e. The van der Waals surface area contributed by atoms with E-state index < -0.39 is 24.0 Å². The van der Waals surface area contributed by atoms with Gasteiger partial charge in [0, 0.05) is 10.6 Å². The molecule has 0 radical (unpaired) electrons. The lowest BCUT2D eigenvalue weighted by Crippen LogP contribution is -2.33. The summed E-state index contributed by atoms with van der Waals surface area (Å²) >= 11 is 5.96. The van der Waals surface area contributed by atoms with Gasteiger partial charge in [0.15, 0.2) is 5.92 Å². The van der Waals surface area contributed by atoms with Crippen LogP contribution >= 0.6 is 11.6 Å². The van der Waals surface area contributed by atoms with Gasteiger partial charge in [-0.2, -0.15) is 0 Å². The summed E-state index contributed by atoms with van der Waals surface area (Å²) in [6.45, 7) is 3.43. The SMILES string of the molecule is CCOC(=O)C(C(=O)OCC)C(O)c1ccccc1Cl. The number of aliphatic hydroxyl groups excluding tert-OH is 1. The Morgan fingerprint density at radius 1 is 1.15 bits per heavy atom. The summed E-state index contributed by atoms with van der Waals surface area (Å²) in [5, 5.41) is 10.5. The predicted molar refractivity (Wildman–Crippen MR) is 73.2 cm³/mol. The number of hydrogen-bond acceptors (Lipinski definition) is 5. The van der Waals surface area contributed by atoms with Crippen LogP contribution in [0.15, 0.2) is 24.3 Å². The highest BCUT2D eigenvalue weighted by molar-refractivity contribution is 6.31. The van der Waals surface area contributed by atoms with E-state index in [2.05, 4.69) is 0 Å².